The lowest BCUT2D eigenvalue weighted by atomic mass is 10.00. The molecule has 6 heteroatoms. The number of nitrogens with zero attached hydrogens (tertiary/aromatic N) is 1. The highest BCUT2D eigenvalue weighted by atomic mass is 19.1. The van der Waals surface area contributed by atoms with Gasteiger partial charge in [0.15, 0.2) is 17.3 Å². The molecule has 112 valence electrons. The van der Waals surface area contributed by atoms with Crippen LogP contribution in [0, 0.1) is 17.7 Å². The minimum atomic E-state index is -0.663. The summed E-state index contributed by atoms with van der Waals surface area (Å²) in [4.78, 5) is 36.9. The van der Waals surface area contributed by atoms with Crippen LogP contribution in [0.25, 0.3) is 0 Å². The number of hydrogen-bond acceptors (Lipinski definition) is 4. The van der Waals surface area contributed by atoms with E-state index in [9.17, 15) is 18.8 Å². The quantitative estimate of drug-likeness (QED) is 0.625. The second kappa shape index (κ2) is 5.63. The molecule has 21 heavy (non-hydrogen) atoms. The fourth-order valence-electron chi connectivity index (χ4n) is 2.26. The zero-order chi connectivity index (χ0) is 15.7. The van der Waals surface area contributed by atoms with Crippen molar-refractivity contribution in [1.82, 2.24) is 4.90 Å². The van der Waals surface area contributed by atoms with Crippen molar-refractivity contribution in [3.05, 3.63) is 29.6 Å². The lowest BCUT2D eigenvalue weighted by molar-refractivity contribution is -0.139. The SMILES string of the molecule is COc1ccc(C(=O)CN2C(=O)C(C)C(C)C2=O)cc1F. The van der Waals surface area contributed by atoms with Gasteiger partial charge in [0, 0.05) is 17.4 Å². The normalized spacial score (nSPS) is 21.8. The first kappa shape index (κ1) is 15.2. The van der Waals surface area contributed by atoms with Gasteiger partial charge in [0.25, 0.3) is 0 Å². The van der Waals surface area contributed by atoms with Gasteiger partial charge < -0.3 is 4.74 Å². The van der Waals surface area contributed by atoms with E-state index in [0.29, 0.717) is 0 Å². The highest BCUT2D eigenvalue weighted by Gasteiger charge is 2.42. The van der Waals surface area contributed by atoms with E-state index in [0.717, 1.165) is 11.0 Å². The summed E-state index contributed by atoms with van der Waals surface area (Å²) in [6.45, 7) is 2.95. The number of carbonyl (C=O) groups is 3. The van der Waals surface area contributed by atoms with E-state index >= 15 is 0 Å². The van der Waals surface area contributed by atoms with E-state index in [1.54, 1.807) is 13.8 Å². The second-order valence-corrected chi connectivity index (χ2v) is 5.11. The predicted octanol–water partition coefficient (Wildman–Crippen LogP) is 1.66. The standard InChI is InChI=1S/C15H16FNO4/c1-8-9(2)15(20)17(14(8)19)7-12(18)10-4-5-13(21-3)11(16)6-10/h4-6,8-9H,7H2,1-3H3. The maximum Gasteiger partial charge on any atom is 0.233 e. The molecule has 0 saturated carbocycles. The number of Topliss-reactive ketones (excluding diaryl/α,β-unsaturated/α-hetero) is 1. The molecule has 2 amide bonds. The Morgan fingerprint density at radius 3 is 2.29 bits per heavy atom. The third kappa shape index (κ3) is 2.66. The fourth-order valence-corrected chi connectivity index (χ4v) is 2.26. The molecule has 0 spiro atoms. The van der Waals surface area contributed by atoms with E-state index in [4.69, 9.17) is 4.74 Å². The van der Waals surface area contributed by atoms with Crippen LogP contribution >= 0.6 is 0 Å². The molecule has 1 saturated heterocycles. The summed E-state index contributed by atoms with van der Waals surface area (Å²) in [6.07, 6.45) is 0. The minimum Gasteiger partial charge on any atom is -0.494 e. The molecule has 2 rings (SSSR count). The summed E-state index contributed by atoms with van der Waals surface area (Å²) in [5.41, 5.74) is 0.0982. The van der Waals surface area contributed by atoms with Crippen LogP contribution in [0.15, 0.2) is 18.2 Å². The second-order valence-electron chi connectivity index (χ2n) is 5.11. The van der Waals surface area contributed by atoms with Crippen molar-refractivity contribution in [2.24, 2.45) is 11.8 Å². The van der Waals surface area contributed by atoms with Gasteiger partial charge in [-0.2, -0.15) is 0 Å². The Hall–Kier alpha value is -2.24. The number of hydrogen-bond donors (Lipinski definition) is 0. The Morgan fingerprint density at radius 2 is 1.81 bits per heavy atom. The van der Waals surface area contributed by atoms with E-state index < -0.39 is 23.4 Å². The number of imide groups is 1. The van der Waals surface area contributed by atoms with E-state index in [-0.39, 0.29) is 29.7 Å². The first-order valence-electron chi connectivity index (χ1n) is 6.58. The van der Waals surface area contributed by atoms with Gasteiger partial charge in [0.1, 0.15) is 0 Å². The molecule has 1 aromatic carbocycles. The van der Waals surface area contributed by atoms with Gasteiger partial charge in [-0.25, -0.2) is 4.39 Å². The lowest BCUT2D eigenvalue weighted by Crippen LogP contribution is -2.35. The molecular formula is C15H16FNO4. The van der Waals surface area contributed by atoms with Crippen molar-refractivity contribution in [2.45, 2.75) is 13.8 Å². The van der Waals surface area contributed by atoms with Crippen LogP contribution in [0.5, 0.6) is 5.75 Å². The maximum absolute atomic E-state index is 13.6. The van der Waals surface area contributed by atoms with E-state index in [2.05, 4.69) is 0 Å². The zero-order valence-corrected chi connectivity index (χ0v) is 12.1. The smallest absolute Gasteiger partial charge is 0.233 e. The van der Waals surface area contributed by atoms with Crippen molar-refractivity contribution in [1.29, 1.82) is 0 Å². The summed E-state index contributed by atoms with van der Waals surface area (Å²) in [5.74, 6) is -2.72. The van der Waals surface area contributed by atoms with Crippen LogP contribution in [0.3, 0.4) is 0 Å². The number of rotatable bonds is 4. The topological polar surface area (TPSA) is 63.7 Å². The number of halogens is 1. The van der Waals surface area contributed by atoms with Crippen LogP contribution < -0.4 is 4.74 Å². The van der Waals surface area contributed by atoms with Crippen LogP contribution in [0.2, 0.25) is 0 Å². The van der Waals surface area contributed by atoms with Gasteiger partial charge in [-0.1, -0.05) is 13.8 Å². The van der Waals surface area contributed by atoms with Gasteiger partial charge in [-0.3, -0.25) is 19.3 Å². The van der Waals surface area contributed by atoms with Crippen molar-refractivity contribution in [3.8, 4) is 5.75 Å². The van der Waals surface area contributed by atoms with Gasteiger partial charge in [-0.15, -0.1) is 0 Å². The lowest BCUT2D eigenvalue weighted by Gasteiger charge is -2.13. The number of ketones is 1. The molecular weight excluding hydrogens is 277 g/mol. The Balaban J connectivity index is 2.17. The summed E-state index contributed by atoms with van der Waals surface area (Å²) >= 11 is 0. The molecule has 0 bridgehead atoms. The highest BCUT2D eigenvalue weighted by Crippen LogP contribution is 2.26. The Labute approximate surface area is 121 Å². The molecule has 2 atom stereocenters. The third-order valence-corrected chi connectivity index (χ3v) is 3.84. The van der Waals surface area contributed by atoms with Gasteiger partial charge >= 0.3 is 0 Å². The van der Waals surface area contributed by atoms with Crippen molar-refractivity contribution in [3.63, 3.8) is 0 Å². The molecule has 1 aromatic rings. The van der Waals surface area contributed by atoms with Crippen molar-refractivity contribution in [2.75, 3.05) is 13.7 Å². The number of benzene rings is 1. The first-order chi connectivity index (χ1) is 9.86. The van der Waals surface area contributed by atoms with Gasteiger partial charge in [0.05, 0.1) is 13.7 Å². The number of ether oxygens (including phenoxy) is 1. The molecule has 0 aromatic heterocycles. The molecule has 0 radical (unpaired) electrons. The fraction of sp³-hybridized carbons (Fsp3) is 0.400. The Kier molecular flexibility index (Phi) is 4.06. The molecule has 1 aliphatic rings. The molecule has 5 nitrogen and oxygen atoms in total. The molecule has 0 aliphatic carbocycles. The van der Waals surface area contributed by atoms with Crippen LogP contribution in [-0.4, -0.2) is 36.2 Å². The summed E-state index contributed by atoms with van der Waals surface area (Å²) < 4.78 is 18.3. The molecule has 2 unspecified atom stereocenters. The number of methoxy groups -OCH3 is 1. The Morgan fingerprint density at radius 1 is 1.24 bits per heavy atom. The molecule has 1 heterocycles. The van der Waals surface area contributed by atoms with Gasteiger partial charge in [-0.05, 0) is 18.2 Å². The summed E-state index contributed by atoms with van der Waals surface area (Å²) in [5, 5.41) is 0. The van der Waals surface area contributed by atoms with Crippen molar-refractivity contribution >= 4 is 17.6 Å². The van der Waals surface area contributed by atoms with E-state index in [1.807, 2.05) is 0 Å². The summed E-state index contributed by atoms with van der Waals surface area (Å²) in [6, 6.07) is 3.78. The minimum absolute atomic E-state index is 0.0297. The Bertz CT molecular complexity index is 594. The van der Waals surface area contributed by atoms with Crippen LogP contribution in [0.4, 0.5) is 4.39 Å². The number of likely N-dealkylation sites (tertiary alicyclic amines) is 1. The molecule has 0 N–H and O–H groups in total. The average Bonchev–Trinajstić information content (AvgIpc) is 2.65. The number of amides is 2. The largest absolute Gasteiger partial charge is 0.494 e. The number of carbonyl (C=O) groups excluding carboxylic acids is 3. The van der Waals surface area contributed by atoms with Crippen LogP contribution in [0.1, 0.15) is 24.2 Å². The molecule has 1 aliphatic heterocycles. The maximum atomic E-state index is 13.6. The average molecular weight is 293 g/mol. The first-order valence-corrected chi connectivity index (χ1v) is 6.58. The van der Waals surface area contributed by atoms with Crippen molar-refractivity contribution < 1.29 is 23.5 Å². The van der Waals surface area contributed by atoms with Gasteiger partial charge in [0.2, 0.25) is 11.8 Å². The highest BCUT2D eigenvalue weighted by molar-refractivity contribution is 6.09. The summed E-state index contributed by atoms with van der Waals surface area (Å²) in [7, 11) is 1.32. The zero-order valence-electron chi connectivity index (χ0n) is 12.1. The third-order valence-electron chi connectivity index (χ3n) is 3.84. The predicted molar refractivity (Wildman–Crippen MR) is 72.3 cm³/mol. The monoisotopic (exact) mass is 293 g/mol. The van der Waals surface area contributed by atoms with E-state index in [1.165, 1.54) is 19.2 Å². The van der Waals surface area contributed by atoms with Crippen LogP contribution in [-0.2, 0) is 9.59 Å². The molecule has 1 fully saturated rings.